The summed E-state index contributed by atoms with van der Waals surface area (Å²) in [5.74, 6) is -0.126. The summed E-state index contributed by atoms with van der Waals surface area (Å²) in [7, 11) is 0. The molecular formula is C8H6NO2WY-. The van der Waals surface area contributed by atoms with Gasteiger partial charge < -0.3 is 10.1 Å². The molecule has 0 aromatic heterocycles. The van der Waals surface area contributed by atoms with Crippen molar-refractivity contribution in [1.82, 2.24) is 0 Å². The maximum atomic E-state index is 10.7. The van der Waals surface area contributed by atoms with Gasteiger partial charge in [-0.3, -0.25) is 4.79 Å². The SMILES string of the molecule is O=C1C=CC2(C=C1)CC(=O)[N-]2.[W].[Y]. The third-order valence-corrected chi connectivity index (χ3v) is 1.84. The summed E-state index contributed by atoms with van der Waals surface area (Å²) < 4.78 is 0. The van der Waals surface area contributed by atoms with Gasteiger partial charge in [0.25, 0.3) is 0 Å². The Morgan fingerprint density at radius 3 is 2.08 bits per heavy atom. The number of ketones is 1. The number of β-lactam (4-membered cyclic amide) rings is 1. The van der Waals surface area contributed by atoms with E-state index in [9.17, 15) is 9.59 Å². The zero-order valence-corrected chi connectivity index (χ0v) is 12.5. The third-order valence-electron chi connectivity index (χ3n) is 1.84. The maximum absolute atomic E-state index is 10.7. The fourth-order valence-corrected chi connectivity index (χ4v) is 1.22. The van der Waals surface area contributed by atoms with Crippen LogP contribution in [0.1, 0.15) is 6.42 Å². The zero-order chi connectivity index (χ0) is 7.90. The van der Waals surface area contributed by atoms with Gasteiger partial charge in [0.1, 0.15) is 0 Å². The first-order chi connectivity index (χ1) is 5.20. The molecule has 3 nitrogen and oxygen atoms in total. The van der Waals surface area contributed by atoms with Crippen LogP contribution in [-0.4, -0.2) is 17.2 Å². The molecule has 1 fully saturated rings. The summed E-state index contributed by atoms with van der Waals surface area (Å²) in [6.45, 7) is 0. The van der Waals surface area contributed by atoms with E-state index in [-0.39, 0.29) is 65.5 Å². The molecule has 1 aliphatic carbocycles. The summed E-state index contributed by atoms with van der Waals surface area (Å²) in [5.41, 5.74) is -0.453. The molecule has 5 heteroatoms. The molecule has 65 valence electrons. The Labute approximate surface area is 116 Å². The van der Waals surface area contributed by atoms with Crippen LogP contribution >= 0.6 is 0 Å². The Morgan fingerprint density at radius 1 is 1.23 bits per heavy atom. The minimum atomic E-state index is -0.453. The smallest absolute Gasteiger partial charge is 0.177 e. The van der Waals surface area contributed by atoms with E-state index in [4.69, 9.17) is 0 Å². The van der Waals surface area contributed by atoms with Crippen molar-refractivity contribution in [3.05, 3.63) is 29.6 Å². The molecular weight excluding hydrogens is 415 g/mol. The number of rotatable bonds is 0. The fourth-order valence-electron chi connectivity index (χ4n) is 1.22. The monoisotopic (exact) mass is 421 g/mol. The molecule has 1 spiro atoms. The van der Waals surface area contributed by atoms with Gasteiger partial charge in [0, 0.05) is 53.8 Å². The predicted octanol–water partition coefficient (Wildman–Crippen LogP) is 0.719. The topological polar surface area (TPSA) is 48.2 Å². The third kappa shape index (κ3) is 2.68. The Morgan fingerprint density at radius 2 is 1.69 bits per heavy atom. The fraction of sp³-hybridized carbons (Fsp3) is 0.250. The van der Waals surface area contributed by atoms with Crippen LogP contribution in [0.5, 0.6) is 0 Å². The van der Waals surface area contributed by atoms with E-state index in [1.807, 2.05) is 0 Å². The number of nitrogens with zero attached hydrogens (tertiary/aromatic N) is 1. The van der Waals surface area contributed by atoms with Crippen LogP contribution < -0.4 is 0 Å². The molecule has 0 saturated carbocycles. The summed E-state index contributed by atoms with van der Waals surface area (Å²) in [6, 6.07) is 0. The summed E-state index contributed by atoms with van der Waals surface area (Å²) in [5, 5.41) is 3.78. The predicted molar refractivity (Wildman–Crippen MR) is 39.0 cm³/mol. The van der Waals surface area contributed by atoms with E-state index in [0.29, 0.717) is 6.42 Å². The minimum Gasteiger partial charge on any atom is -0.641 e. The molecule has 1 saturated heterocycles. The summed E-state index contributed by atoms with van der Waals surface area (Å²) >= 11 is 0. The molecule has 0 bridgehead atoms. The van der Waals surface area contributed by atoms with Crippen molar-refractivity contribution in [3.63, 3.8) is 0 Å². The Hall–Kier alpha value is 0.412. The molecule has 13 heavy (non-hydrogen) atoms. The first kappa shape index (κ1) is 13.4. The quantitative estimate of drug-likeness (QED) is 0.542. The molecule has 1 amide bonds. The number of hydrogen-bond donors (Lipinski definition) is 0. The van der Waals surface area contributed by atoms with Gasteiger partial charge in [-0.2, -0.15) is 0 Å². The largest absolute Gasteiger partial charge is 0.641 e. The number of hydrogen-bond acceptors (Lipinski definition) is 2. The average Bonchev–Trinajstić information content (AvgIpc) is 1.92. The van der Waals surface area contributed by atoms with E-state index in [2.05, 4.69) is 5.32 Å². The van der Waals surface area contributed by atoms with Crippen LogP contribution in [0.4, 0.5) is 0 Å². The maximum Gasteiger partial charge on any atom is 0.177 e. The Kier molecular flexibility index (Phi) is 4.92. The number of carbonyl (C=O) groups excluding carboxylic acids is 2. The molecule has 2 rings (SSSR count). The Balaban J connectivity index is 0.000000720. The van der Waals surface area contributed by atoms with E-state index in [0.717, 1.165) is 0 Å². The van der Waals surface area contributed by atoms with Crippen molar-refractivity contribution in [2.45, 2.75) is 12.0 Å². The molecule has 0 atom stereocenters. The van der Waals surface area contributed by atoms with Crippen LogP contribution in [0.2, 0.25) is 0 Å². The van der Waals surface area contributed by atoms with Crippen LogP contribution in [0.15, 0.2) is 24.3 Å². The van der Waals surface area contributed by atoms with Crippen LogP contribution in [0.3, 0.4) is 0 Å². The van der Waals surface area contributed by atoms with Crippen LogP contribution in [0.25, 0.3) is 5.32 Å². The zero-order valence-electron chi connectivity index (χ0n) is 6.77. The molecule has 0 N–H and O–H groups in total. The van der Waals surface area contributed by atoms with Crippen molar-refractivity contribution >= 4 is 11.7 Å². The standard InChI is InChI=1S/C8H7NO2.W.Y/c10-6-1-3-8(4-2-6)5-7(11)9-8;;/h1-4H,5H2,(H,9,11);;/p-1. The number of allylic oxidation sites excluding steroid dienone is 2. The normalized spacial score (nSPS) is 21.2. The molecule has 2 aliphatic rings. The van der Waals surface area contributed by atoms with Gasteiger partial charge in [-0.25, -0.2) is 0 Å². The van der Waals surface area contributed by atoms with Gasteiger partial charge in [-0.1, -0.05) is 17.7 Å². The summed E-state index contributed by atoms with van der Waals surface area (Å²) in [6.07, 6.45) is 6.67. The molecule has 1 heterocycles. The van der Waals surface area contributed by atoms with Crippen molar-refractivity contribution < 1.29 is 63.4 Å². The first-order valence-electron chi connectivity index (χ1n) is 3.38. The number of carbonyl (C=O) groups is 2. The van der Waals surface area contributed by atoms with Crippen molar-refractivity contribution in [2.75, 3.05) is 0 Å². The van der Waals surface area contributed by atoms with Gasteiger partial charge in [0.15, 0.2) is 5.78 Å². The molecule has 1 aliphatic heterocycles. The second kappa shape index (κ2) is 4.77. The van der Waals surface area contributed by atoms with Crippen molar-refractivity contribution in [1.29, 1.82) is 0 Å². The van der Waals surface area contributed by atoms with Gasteiger partial charge >= 0.3 is 0 Å². The van der Waals surface area contributed by atoms with Gasteiger partial charge in [0.2, 0.25) is 0 Å². The van der Waals surface area contributed by atoms with Crippen LogP contribution in [-0.2, 0) is 63.4 Å². The molecule has 1 radical (unpaired) electrons. The average molecular weight is 421 g/mol. The van der Waals surface area contributed by atoms with E-state index in [1.54, 1.807) is 12.2 Å². The Bertz CT molecular complexity index is 273. The summed E-state index contributed by atoms with van der Waals surface area (Å²) in [4.78, 5) is 21.2. The van der Waals surface area contributed by atoms with E-state index < -0.39 is 5.54 Å². The first-order valence-corrected chi connectivity index (χ1v) is 3.38. The van der Waals surface area contributed by atoms with Gasteiger partial charge in [-0.05, 0) is 18.6 Å². The van der Waals surface area contributed by atoms with Crippen LogP contribution in [0, 0.1) is 0 Å². The number of amides is 1. The molecule has 0 aromatic carbocycles. The minimum absolute atomic E-state index is 0. The van der Waals surface area contributed by atoms with Crippen molar-refractivity contribution in [2.24, 2.45) is 0 Å². The van der Waals surface area contributed by atoms with E-state index >= 15 is 0 Å². The second-order valence-electron chi connectivity index (χ2n) is 2.74. The van der Waals surface area contributed by atoms with E-state index in [1.165, 1.54) is 12.2 Å². The second-order valence-corrected chi connectivity index (χ2v) is 2.74. The van der Waals surface area contributed by atoms with Gasteiger partial charge in [0.05, 0.1) is 5.91 Å². The molecule has 0 unspecified atom stereocenters. The van der Waals surface area contributed by atoms with Gasteiger partial charge in [-0.15, -0.1) is 0 Å². The van der Waals surface area contributed by atoms with Crippen molar-refractivity contribution in [3.8, 4) is 0 Å². The molecule has 0 aromatic rings.